The highest BCUT2D eigenvalue weighted by molar-refractivity contribution is 5.92. The van der Waals surface area contributed by atoms with Crippen molar-refractivity contribution >= 4 is 5.91 Å². The van der Waals surface area contributed by atoms with Gasteiger partial charge in [-0.3, -0.25) is 9.69 Å². The highest BCUT2D eigenvalue weighted by Crippen LogP contribution is 2.32. The molecule has 1 N–H and O–H groups in total. The van der Waals surface area contributed by atoms with Crippen LogP contribution in [0.2, 0.25) is 0 Å². The maximum atomic E-state index is 12.8. The van der Waals surface area contributed by atoms with E-state index < -0.39 is 0 Å². The Morgan fingerprint density at radius 3 is 2.58 bits per heavy atom. The fourth-order valence-corrected chi connectivity index (χ4v) is 4.90. The number of carbonyl (C=O) groups excluding carboxylic acids is 1. The number of benzene rings is 3. The standard InChI is InChI=1S/C31H31N3O6/c1-36-25-7-3-21(4-8-25)10-12-34(18-23-2-6-24-11-13-37-29(24)15-23)19-26-16-27(33-40-26)31(35)32-17-22-5-9-28-30(14-22)39-20-38-28/h2-9,14-16H,10-13,17-20H2,1H3,(H,32,35). The molecule has 6 rings (SSSR count). The number of nitrogens with zero attached hydrogens (tertiary/aromatic N) is 2. The molecule has 0 unspecified atom stereocenters. The molecule has 9 nitrogen and oxygen atoms in total. The van der Waals surface area contributed by atoms with Gasteiger partial charge in [-0.1, -0.05) is 35.5 Å². The van der Waals surface area contributed by atoms with Crippen LogP contribution in [0.25, 0.3) is 0 Å². The minimum absolute atomic E-state index is 0.213. The molecule has 2 aliphatic rings. The highest BCUT2D eigenvalue weighted by Gasteiger charge is 2.18. The second-order valence-electron chi connectivity index (χ2n) is 9.90. The Hall–Kier alpha value is -4.50. The first kappa shape index (κ1) is 25.8. The van der Waals surface area contributed by atoms with Gasteiger partial charge in [0.25, 0.3) is 5.91 Å². The quantitative estimate of drug-likeness (QED) is 0.296. The first-order chi connectivity index (χ1) is 19.6. The summed E-state index contributed by atoms with van der Waals surface area (Å²) >= 11 is 0. The number of ether oxygens (including phenoxy) is 4. The Morgan fingerprint density at radius 1 is 0.900 bits per heavy atom. The fourth-order valence-electron chi connectivity index (χ4n) is 4.90. The maximum Gasteiger partial charge on any atom is 0.273 e. The lowest BCUT2D eigenvalue weighted by Gasteiger charge is -2.21. The van der Waals surface area contributed by atoms with Crippen LogP contribution >= 0.6 is 0 Å². The predicted octanol–water partition coefficient (Wildman–Crippen LogP) is 4.52. The molecule has 9 heteroatoms. The molecular formula is C31H31N3O6. The van der Waals surface area contributed by atoms with Gasteiger partial charge in [0.2, 0.25) is 6.79 Å². The number of nitrogens with one attached hydrogen (secondary N) is 1. The summed E-state index contributed by atoms with van der Waals surface area (Å²) < 4.78 is 27.4. The Bertz CT molecular complexity index is 1480. The average Bonchev–Trinajstić information content (AvgIpc) is 3.75. The Morgan fingerprint density at radius 2 is 1.70 bits per heavy atom. The molecule has 1 amide bonds. The molecule has 0 atom stereocenters. The van der Waals surface area contributed by atoms with Crippen LogP contribution < -0.4 is 24.3 Å². The zero-order valence-electron chi connectivity index (χ0n) is 22.4. The number of aromatic nitrogens is 1. The van der Waals surface area contributed by atoms with Gasteiger partial charge in [-0.05, 0) is 59.0 Å². The van der Waals surface area contributed by atoms with Gasteiger partial charge >= 0.3 is 0 Å². The maximum absolute atomic E-state index is 12.8. The molecule has 40 heavy (non-hydrogen) atoms. The average molecular weight is 542 g/mol. The van der Waals surface area contributed by atoms with E-state index in [-0.39, 0.29) is 18.4 Å². The molecular weight excluding hydrogens is 510 g/mol. The van der Waals surface area contributed by atoms with Crippen molar-refractivity contribution in [2.45, 2.75) is 32.5 Å². The summed E-state index contributed by atoms with van der Waals surface area (Å²) in [6, 6.07) is 21.8. The number of rotatable bonds is 11. The van der Waals surface area contributed by atoms with Crippen molar-refractivity contribution in [1.29, 1.82) is 0 Å². The molecule has 206 valence electrons. The molecule has 4 aromatic rings. The molecule has 0 spiro atoms. The summed E-state index contributed by atoms with van der Waals surface area (Å²) in [7, 11) is 1.67. The molecule has 0 saturated carbocycles. The van der Waals surface area contributed by atoms with Crippen molar-refractivity contribution in [2.24, 2.45) is 0 Å². The summed E-state index contributed by atoms with van der Waals surface area (Å²) in [6.07, 6.45) is 1.80. The molecule has 3 heterocycles. The number of carbonyl (C=O) groups is 1. The van der Waals surface area contributed by atoms with Crippen LogP contribution in [0, 0.1) is 0 Å². The van der Waals surface area contributed by atoms with Crippen LogP contribution in [0.3, 0.4) is 0 Å². The van der Waals surface area contributed by atoms with Gasteiger partial charge in [-0.2, -0.15) is 0 Å². The second-order valence-corrected chi connectivity index (χ2v) is 9.90. The lowest BCUT2D eigenvalue weighted by molar-refractivity contribution is 0.0941. The van der Waals surface area contributed by atoms with E-state index in [1.54, 1.807) is 13.2 Å². The number of fused-ring (bicyclic) bond motifs is 2. The molecule has 0 aliphatic carbocycles. The van der Waals surface area contributed by atoms with E-state index in [1.807, 2.05) is 30.3 Å². The summed E-state index contributed by atoms with van der Waals surface area (Å²) in [6.45, 7) is 3.29. The summed E-state index contributed by atoms with van der Waals surface area (Å²) in [4.78, 5) is 15.1. The third-order valence-corrected chi connectivity index (χ3v) is 7.10. The first-order valence-electron chi connectivity index (χ1n) is 13.3. The molecule has 0 bridgehead atoms. The third kappa shape index (κ3) is 6.05. The van der Waals surface area contributed by atoms with Gasteiger partial charge in [-0.15, -0.1) is 0 Å². The number of hydrogen-bond acceptors (Lipinski definition) is 8. The van der Waals surface area contributed by atoms with Crippen LogP contribution in [0.1, 0.15) is 38.5 Å². The van der Waals surface area contributed by atoms with Crippen molar-refractivity contribution in [1.82, 2.24) is 15.4 Å². The van der Waals surface area contributed by atoms with Gasteiger partial charge in [0.1, 0.15) is 11.5 Å². The molecule has 3 aromatic carbocycles. The third-order valence-electron chi connectivity index (χ3n) is 7.10. The van der Waals surface area contributed by atoms with Gasteiger partial charge < -0.3 is 28.8 Å². The van der Waals surface area contributed by atoms with Crippen LogP contribution in [-0.4, -0.2) is 43.0 Å². The molecule has 0 saturated heterocycles. The zero-order chi connectivity index (χ0) is 27.3. The van der Waals surface area contributed by atoms with E-state index in [0.29, 0.717) is 36.9 Å². The number of amides is 1. The van der Waals surface area contributed by atoms with E-state index in [0.717, 1.165) is 48.6 Å². The van der Waals surface area contributed by atoms with Crippen LogP contribution in [-0.2, 0) is 32.5 Å². The lowest BCUT2D eigenvalue weighted by atomic mass is 10.1. The summed E-state index contributed by atoms with van der Waals surface area (Å²) in [5, 5.41) is 6.94. The van der Waals surface area contributed by atoms with E-state index >= 15 is 0 Å². The van der Waals surface area contributed by atoms with Gasteiger partial charge in [0.15, 0.2) is 23.0 Å². The number of methoxy groups -OCH3 is 1. The van der Waals surface area contributed by atoms with Crippen LogP contribution in [0.5, 0.6) is 23.0 Å². The van der Waals surface area contributed by atoms with E-state index in [4.69, 9.17) is 23.5 Å². The van der Waals surface area contributed by atoms with Crippen molar-refractivity contribution in [3.8, 4) is 23.0 Å². The summed E-state index contributed by atoms with van der Waals surface area (Å²) in [5.41, 5.74) is 4.78. The predicted molar refractivity (Wildman–Crippen MR) is 147 cm³/mol. The topological polar surface area (TPSA) is 95.3 Å². The van der Waals surface area contributed by atoms with Crippen molar-refractivity contribution in [3.05, 3.63) is 100 Å². The minimum Gasteiger partial charge on any atom is -0.497 e. The first-order valence-corrected chi connectivity index (χ1v) is 13.3. The lowest BCUT2D eigenvalue weighted by Crippen LogP contribution is -2.25. The number of hydrogen-bond donors (Lipinski definition) is 1. The molecule has 0 radical (unpaired) electrons. The van der Waals surface area contributed by atoms with Crippen molar-refractivity contribution in [2.75, 3.05) is 27.1 Å². The van der Waals surface area contributed by atoms with Crippen LogP contribution in [0.15, 0.2) is 71.3 Å². The van der Waals surface area contributed by atoms with Gasteiger partial charge in [0.05, 0.1) is 20.3 Å². The smallest absolute Gasteiger partial charge is 0.273 e. The Labute approximate surface area is 232 Å². The largest absolute Gasteiger partial charge is 0.497 e. The van der Waals surface area contributed by atoms with Gasteiger partial charge in [-0.25, -0.2) is 0 Å². The van der Waals surface area contributed by atoms with E-state index in [9.17, 15) is 4.79 Å². The normalized spacial score (nSPS) is 13.2. The van der Waals surface area contributed by atoms with Gasteiger partial charge in [0, 0.05) is 32.1 Å². The SMILES string of the molecule is COc1ccc(CCN(Cc2ccc3c(c2)OCC3)Cc2cc(C(=O)NCc3ccc4c(c3)OCO4)no2)cc1. The summed E-state index contributed by atoms with van der Waals surface area (Å²) in [5.74, 6) is 3.52. The van der Waals surface area contributed by atoms with Crippen LogP contribution in [0.4, 0.5) is 0 Å². The molecule has 2 aliphatic heterocycles. The Balaban J connectivity index is 1.10. The van der Waals surface area contributed by atoms with Crippen molar-refractivity contribution in [3.63, 3.8) is 0 Å². The second kappa shape index (κ2) is 11.7. The van der Waals surface area contributed by atoms with Crippen molar-refractivity contribution < 1.29 is 28.3 Å². The van der Waals surface area contributed by atoms with E-state index in [1.165, 1.54) is 11.1 Å². The molecule has 1 aromatic heterocycles. The zero-order valence-corrected chi connectivity index (χ0v) is 22.4. The van der Waals surface area contributed by atoms with E-state index in [2.05, 4.69) is 45.7 Å². The minimum atomic E-state index is -0.298. The monoisotopic (exact) mass is 541 g/mol. The highest BCUT2D eigenvalue weighted by atomic mass is 16.7. The molecule has 0 fully saturated rings. The fraction of sp³-hybridized carbons (Fsp3) is 0.290. The Kier molecular flexibility index (Phi) is 7.54.